The third-order valence-corrected chi connectivity index (χ3v) is 5.65. The van der Waals surface area contributed by atoms with Crippen LogP contribution in [-0.4, -0.2) is 55.0 Å². The number of likely N-dealkylation sites (tertiary alicyclic amines) is 1. The van der Waals surface area contributed by atoms with E-state index < -0.39 is 5.60 Å². The number of rotatable bonds is 6. The first-order chi connectivity index (χ1) is 12.1. The number of hydrogen-bond donors (Lipinski definition) is 2. The maximum absolute atomic E-state index is 10.8. The van der Waals surface area contributed by atoms with Gasteiger partial charge in [0.1, 0.15) is 11.5 Å². The van der Waals surface area contributed by atoms with Gasteiger partial charge in [-0.1, -0.05) is 6.07 Å². The monoisotopic (exact) mass is 420 g/mol. The first-order valence-corrected chi connectivity index (χ1v) is 9.61. The van der Waals surface area contributed by atoms with Crippen molar-refractivity contribution in [3.05, 3.63) is 23.3 Å². The van der Waals surface area contributed by atoms with E-state index in [2.05, 4.69) is 29.3 Å². The molecule has 1 aromatic carbocycles. The van der Waals surface area contributed by atoms with Crippen LogP contribution < -0.4 is 14.8 Å². The lowest BCUT2D eigenvalue weighted by atomic mass is 9.76. The fourth-order valence-corrected chi connectivity index (χ4v) is 4.19. The Labute approximate surface area is 175 Å². The van der Waals surface area contributed by atoms with Crippen LogP contribution in [0.3, 0.4) is 0 Å². The summed E-state index contributed by atoms with van der Waals surface area (Å²) in [6.45, 7) is 12.0. The Morgan fingerprint density at radius 1 is 1.19 bits per heavy atom. The second-order valence-corrected chi connectivity index (χ2v) is 7.28. The second kappa shape index (κ2) is 10.7. The summed E-state index contributed by atoms with van der Waals surface area (Å²) >= 11 is 0. The zero-order valence-electron chi connectivity index (χ0n) is 16.6. The molecule has 2 fully saturated rings. The van der Waals surface area contributed by atoms with Crippen molar-refractivity contribution in [2.45, 2.75) is 45.8 Å². The summed E-state index contributed by atoms with van der Waals surface area (Å²) in [4.78, 5) is 2.45. The van der Waals surface area contributed by atoms with Crippen molar-refractivity contribution in [2.75, 3.05) is 39.4 Å². The highest BCUT2D eigenvalue weighted by Gasteiger charge is 2.42. The van der Waals surface area contributed by atoms with Gasteiger partial charge >= 0.3 is 0 Å². The molecule has 27 heavy (non-hydrogen) atoms. The molecule has 0 aliphatic carbocycles. The Kier molecular flexibility index (Phi) is 9.66. The van der Waals surface area contributed by atoms with Crippen LogP contribution >= 0.6 is 24.8 Å². The molecule has 2 saturated heterocycles. The molecule has 2 aliphatic heterocycles. The van der Waals surface area contributed by atoms with Crippen LogP contribution in [0.25, 0.3) is 0 Å². The molecule has 0 unspecified atom stereocenters. The summed E-state index contributed by atoms with van der Waals surface area (Å²) in [6.07, 6.45) is 1.73. The fraction of sp³-hybridized carbons (Fsp3) is 0.700. The zero-order valence-corrected chi connectivity index (χ0v) is 18.3. The molecule has 3 rings (SSSR count). The topological polar surface area (TPSA) is 54.0 Å². The number of halogens is 2. The molecule has 0 saturated carbocycles. The number of benzene rings is 1. The third kappa shape index (κ3) is 5.42. The lowest BCUT2D eigenvalue weighted by Gasteiger charge is -2.47. The standard InChI is InChI=1S/C20H32N2O3.2ClH/c1-4-24-18-7-6-16(19(15(18)3)25-5-2)13-22-11-9-20(23)8-10-21-12-17(20)14-22;;/h6-7,17,21,23H,4-5,8-14H2,1-3H3;2*1H/t17-,20-;;/m0../s1. The van der Waals surface area contributed by atoms with E-state index in [9.17, 15) is 5.11 Å². The van der Waals surface area contributed by atoms with E-state index in [0.29, 0.717) is 19.1 Å². The predicted octanol–water partition coefficient (Wildman–Crippen LogP) is 3.18. The van der Waals surface area contributed by atoms with Gasteiger partial charge in [0, 0.05) is 43.2 Å². The normalized spacial score (nSPS) is 25.0. The average Bonchev–Trinajstić information content (AvgIpc) is 2.60. The highest BCUT2D eigenvalue weighted by atomic mass is 35.5. The Balaban J connectivity index is 0.00000182. The second-order valence-electron chi connectivity index (χ2n) is 7.28. The van der Waals surface area contributed by atoms with E-state index in [0.717, 1.165) is 62.6 Å². The van der Waals surface area contributed by atoms with Crippen LogP contribution in [0.4, 0.5) is 0 Å². The van der Waals surface area contributed by atoms with Crippen molar-refractivity contribution in [3.63, 3.8) is 0 Å². The average molecular weight is 421 g/mol. The quantitative estimate of drug-likeness (QED) is 0.739. The fourth-order valence-electron chi connectivity index (χ4n) is 4.19. The number of nitrogens with one attached hydrogen (secondary N) is 1. The zero-order chi connectivity index (χ0) is 17.9. The van der Waals surface area contributed by atoms with Gasteiger partial charge < -0.3 is 19.9 Å². The predicted molar refractivity (Wildman–Crippen MR) is 114 cm³/mol. The highest BCUT2D eigenvalue weighted by Crippen LogP contribution is 2.36. The first-order valence-electron chi connectivity index (χ1n) is 9.61. The van der Waals surface area contributed by atoms with Gasteiger partial charge in [-0.05, 0) is 46.2 Å². The molecule has 0 amide bonds. The van der Waals surface area contributed by atoms with Gasteiger partial charge in [-0.25, -0.2) is 0 Å². The SMILES string of the molecule is CCOc1ccc(CN2CC[C@@]3(O)CCNC[C@H]3C2)c(OCC)c1C.Cl.Cl. The van der Waals surface area contributed by atoms with Gasteiger partial charge in [0.05, 0.1) is 18.8 Å². The van der Waals surface area contributed by atoms with Gasteiger partial charge in [0.15, 0.2) is 0 Å². The van der Waals surface area contributed by atoms with Crippen molar-refractivity contribution in [2.24, 2.45) is 5.92 Å². The van der Waals surface area contributed by atoms with Crippen LogP contribution in [0.1, 0.15) is 37.8 Å². The molecule has 5 nitrogen and oxygen atoms in total. The minimum absolute atomic E-state index is 0. The Morgan fingerprint density at radius 3 is 2.63 bits per heavy atom. The Morgan fingerprint density at radius 2 is 1.93 bits per heavy atom. The largest absolute Gasteiger partial charge is 0.493 e. The van der Waals surface area contributed by atoms with E-state index in [1.807, 2.05) is 13.8 Å². The number of hydrogen-bond acceptors (Lipinski definition) is 5. The summed E-state index contributed by atoms with van der Waals surface area (Å²) in [5, 5.41) is 14.3. The minimum Gasteiger partial charge on any atom is -0.493 e. The van der Waals surface area contributed by atoms with Gasteiger partial charge in [-0.2, -0.15) is 0 Å². The van der Waals surface area contributed by atoms with E-state index in [1.165, 1.54) is 5.56 Å². The number of piperidine rings is 2. The minimum atomic E-state index is -0.473. The van der Waals surface area contributed by atoms with Crippen molar-refractivity contribution < 1.29 is 14.6 Å². The molecule has 1 aromatic rings. The lowest BCUT2D eigenvalue weighted by Crippen LogP contribution is -2.58. The summed E-state index contributed by atoms with van der Waals surface area (Å²) in [7, 11) is 0. The molecule has 2 heterocycles. The van der Waals surface area contributed by atoms with Crippen LogP contribution in [-0.2, 0) is 6.54 Å². The maximum Gasteiger partial charge on any atom is 0.130 e. The molecule has 0 spiro atoms. The number of fused-ring (bicyclic) bond motifs is 1. The van der Waals surface area contributed by atoms with E-state index in [1.54, 1.807) is 0 Å². The maximum atomic E-state index is 10.8. The smallest absolute Gasteiger partial charge is 0.130 e. The van der Waals surface area contributed by atoms with Crippen molar-refractivity contribution >= 4 is 24.8 Å². The molecule has 7 heteroatoms. The number of nitrogens with zero attached hydrogens (tertiary/aromatic N) is 1. The van der Waals surface area contributed by atoms with Crippen LogP contribution in [0.5, 0.6) is 11.5 Å². The van der Waals surface area contributed by atoms with Crippen LogP contribution in [0.2, 0.25) is 0 Å². The van der Waals surface area contributed by atoms with Gasteiger partial charge in [-0.3, -0.25) is 4.90 Å². The number of aliphatic hydroxyl groups is 1. The molecule has 0 aromatic heterocycles. The Hall–Kier alpha value is -0.720. The molecule has 156 valence electrons. The lowest BCUT2D eigenvalue weighted by molar-refractivity contribution is -0.0900. The molecule has 2 N–H and O–H groups in total. The summed E-state index contributed by atoms with van der Waals surface area (Å²) in [5.41, 5.74) is 1.81. The van der Waals surface area contributed by atoms with Crippen molar-refractivity contribution in [1.82, 2.24) is 10.2 Å². The summed E-state index contributed by atoms with van der Waals surface area (Å²) < 4.78 is 11.7. The summed E-state index contributed by atoms with van der Waals surface area (Å²) in [5.74, 6) is 2.17. The summed E-state index contributed by atoms with van der Waals surface area (Å²) in [6, 6.07) is 4.18. The molecule has 2 aliphatic rings. The molecular formula is C20H34Cl2N2O3. The van der Waals surface area contributed by atoms with Crippen LogP contribution in [0, 0.1) is 12.8 Å². The Bertz CT molecular complexity index is 603. The van der Waals surface area contributed by atoms with E-state index in [-0.39, 0.29) is 24.8 Å². The van der Waals surface area contributed by atoms with Gasteiger partial charge in [0.25, 0.3) is 0 Å². The van der Waals surface area contributed by atoms with Crippen LogP contribution in [0.15, 0.2) is 12.1 Å². The highest BCUT2D eigenvalue weighted by molar-refractivity contribution is 5.85. The molecule has 0 bridgehead atoms. The molecule has 2 atom stereocenters. The third-order valence-electron chi connectivity index (χ3n) is 5.65. The van der Waals surface area contributed by atoms with Gasteiger partial charge in [0.2, 0.25) is 0 Å². The van der Waals surface area contributed by atoms with Crippen molar-refractivity contribution in [1.29, 1.82) is 0 Å². The van der Waals surface area contributed by atoms with E-state index in [4.69, 9.17) is 9.47 Å². The van der Waals surface area contributed by atoms with Gasteiger partial charge in [-0.15, -0.1) is 24.8 Å². The number of ether oxygens (including phenoxy) is 2. The van der Waals surface area contributed by atoms with E-state index >= 15 is 0 Å². The molecular weight excluding hydrogens is 387 g/mol. The first kappa shape index (κ1) is 24.3. The molecule has 0 radical (unpaired) electrons. The van der Waals surface area contributed by atoms with Crippen molar-refractivity contribution in [3.8, 4) is 11.5 Å².